The number of hydrogen-bond donors (Lipinski definition) is 1. The maximum Gasteiger partial charge on any atom is 1.00 e. The Bertz CT molecular complexity index is 448. The van der Waals surface area contributed by atoms with Crippen LogP contribution in [-0.2, 0) is 28.1 Å². The maximum absolute atomic E-state index is 11.2. The minimum atomic E-state index is -5.39. The first-order valence-corrected chi connectivity index (χ1v) is 8.45. The summed E-state index contributed by atoms with van der Waals surface area (Å²) in [7, 11) is -5.39. The van der Waals surface area contributed by atoms with Crippen LogP contribution in [0.2, 0.25) is 0 Å². The molecule has 22 heavy (non-hydrogen) atoms. The summed E-state index contributed by atoms with van der Waals surface area (Å²) in [4.78, 5) is 22.1. The van der Waals surface area contributed by atoms with Gasteiger partial charge in [0, 0.05) is 11.5 Å². The molecule has 0 rings (SSSR count). The molecule has 0 saturated carbocycles. The molecule has 0 spiro atoms. The van der Waals surface area contributed by atoms with E-state index in [2.05, 4.69) is 8.37 Å². The number of carbonyl (C=O) groups is 2. The molecule has 1 atom stereocenters. The molecule has 0 radical (unpaired) electrons. The fraction of sp³-hybridized carbons (Fsp3) is 0.750. The van der Waals surface area contributed by atoms with Crippen molar-refractivity contribution in [1.82, 2.24) is 0 Å². The number of hydrogen-bond acceptors (Lipinski definition) is 10. The Morgan fingerprint density at radius 1 is 1.14 bits per heavy atom. The number of carboxylic acid groups (broad SMARTS) is 2. The molecule has 0 aromatic heterocycles. The van der Waals surface area contributed by atoms with Gasteiger partial charge in [0.25, 0.3) is 15.9 Å². The largest absolute Gasteiger partial charge is 1.00 e. The third-order valence-electron chi connectivity index (χ3n) is 1.74. The van der Waals surface area contributed by atoms with Crippen LogP contribution in [0.3, 0.4) is 0 Å². The standard InChI is InChI=1S/C8H14O9S3.2Na/c1-3-18-16-8(7(11)12,17-19-4-2)5(6(9)10)20(13,14)15;;/h5H,3-4H2,1-2H3,(H,9,10)(H,11,12)(H,13,14,15);;/q;2*+1/p-2. The van der Waals surface area contributed by atoms with Crippen molar-refractivity contribution in [2.45, 2.75) is 24.9 Å². The molecule has 9 nitrogen and oxygen atoms in total. The average molecular weight is 394 g/mol. The van der Waals surface area contributed by atoms with Crippen LogP contribution >= 0.6 is 24.1 Å². The molecule has 118 valence electrons. The van der Waals surface area contributed by atoms with Crippen molar-refractivity contribution < 1.29 is 100 Å². The molecular formula is C8H12Na2O9S3. The van der Waals surface area contributed by atoms with Crippen molar-refractivity contribution in [1.29, 1.82) is 0 Å². The van der Waals surface area contributed by atoms with Crippen molar-refractivity contribution in [3.8, 4) is 0 Å². The Hall–Kier alpha value is 1.47. The molecule has 0 aromatic carbocycles. The van der Waals surface area contributed by atoms with E-state index >= 15 is 0 Å². The number of rotatable bonds is 10. The summed E-state index contributed by atoms with van der Waals surface area (Å²) in [5.41, 5.74) is 0. The minimum absolute atomic E-state index is 0. The summed E-state index contributed by atoms with van der Waals surface area (Å²) >= 11 is 0.860. The van der Waals surface area contributed by atoms with E-state index in [0.29, 0.717) is 24.1 Å². The van der Waals surface area contributed by atoms with Crippen LogP contribution in [0.15, 0.2) is 0 Å². The molecule has 14 heteroatoms. The van der Waals surface area contributed by atoms with E-state index in [0.717, 1.165) is 0 Å². The normalized spacial score (nSPS) is 12.7. The Balaban J connectivity index is -0.00000180. The minimum Gasteiger partial charge on any atom is -0.548 e. The van der Waals surface area contributed by atoms with Gasteiger partial charge in [0.15, 0.2) is 5.25 Å². The Kier molecular flexibility index (Phi) is 16.4. The molecule has 0 amide bonds. The van der Waals surface area contributed by atoms with E-state index in [1.54, 1.807) is 0 Å². The van der Waals surface area contributed by atoms with Gasteiger partial charge in [-0.1, -0.05) is 13.8 Å². The molecule has 0 heterocycles. The van der Waals surface area contributed by atoms with Crippen molar-refractivity contribution in [2.75, 3.05) is 11.5 Å². The Morgan fingerprint density at radius 2 is 1.50 bits per heavy atom. The molecule has 0 aliphatic heterocycles. The van der Waals surface area contributed by atoms with Gasteiger partial charge in [0.2, 0.25) is 0 Å². The van der Waals surface area contributed by atoms with Crippen molar-refractivity contribution in [3.63, 3.8) is 0 Å². The summed E-state index contributed by atoms with van der Waals surface area (Å²) in [6, 6.07) is 0. The average Bonchev–Trinajstić information content (AvgIpc) is 2.29. The van der Waals surface area contributed by atoms with E-state index in [1.807, 2.05) is 0 Å². The van der Waals surface area contributed by atoms with E-state index < -0.39 is 33.1 Å². The first-order chi connectivity index (χ1) is 9.13. The zero-order valence-corrected chi connectivity index (χ0v) is 18.9. The fourth-order valence-electron chi connectivity index (χ4n) is 1.04. The van der Waals surface area contributed by atoms with E-state index in [9.17, 15) is 28.2 Å². The van der Waals surface area contributed by atoms with E-state index in [4.69, 9.17) is 4.55 Å². The second-order valence-electron chi connectivity index (χ2n) is 3.15. The van der Waals surface area contributed by atoms with Gasteiger partial charge in [-0.05, 0) is 24.1 Å². The summed E-state index contributed by atoms with van der Waals surface area (Å²) < 4.78 is 40.4. The van der Waals surface area contributed by atoms with Crippen LogP contribution in [0.25, 0.3) is 0 Å². The molecule has 1 N–H and O–H groups in total. The fourth-order valence-corrected chi connectivity index (χ4v) is 3.02. The van der Waals surface area contributed by atoms with Crippen LogP contribution in [0, 0.1) is 0 Å². The summed E-state index contributed by atoms with van der Waals surface area (Å²) in [5.74, 6) is -7.61. The number of carboxylic acids is 2. The van der Waals surface area contributed by atoms with Gasteiger partial charge in [-0.3, -0.25) is 12.9 Å². The molecular weight excluding hydrogens is 382 g/mol. The van der Waals surface area contributed by atoms with Gasteiger partial charge in [-0.2, -0.15) is 8.42 Å². The van der Waals surface area contributed by atoms with Crippen LogP contribution < -0.4 is 69.3 Å². The molecule has 0 saturated heterocycles. The van der Waals surface area contributed by atoms with E-state index in [1.165, 1.54) is 13.8 Å². The first kappa shape index (κ1) is 28.3. The van der Waals surface area contributed by atoms with Gasteiger partial charge in [0.05, 0.1) is 5.97 Å². The maximum atomic E-state index is 11.2. The number of carbonyl (C=O) groups excluding carboxylic acids is 2. The zero-order chi connectivity index (χ0) is 16.0. The van der Waals surface area contributed by atoms with E-state index in [-0.39, 0.29) is 70.6 Å². The Labute approximate surface area is 181 Å². The van der Waals surface area contributed by atoms with Crippen LogP contribution in [0.5, 0.6) is 0 Å². The molecule has 0 bridgehead atoms. The summed E-state index contributed by atoms with van der Waals surface area (Å²) in [5, 5.41) is 19.1. The monoisotopic (exact) mass is 394 g/mol. The summed E-state index contributed by atoms with van der Waals surface area (Å²) in [6.45, 7) is 3.05. The molecule has 0 aliphatic rings. The van der Waals surface area contributed by atoms with Crippen LogP contribution in [-0.4, -0.2) is 47.5 Å². The van der Waals surface area contributed by atoms with Gasteiger partial charge >= 0.3 is 59.1 Å². The van der Waals surface area contributed by atoms with Crippen LogP contribution in [0.4, 0.5) is 0 Å². The van der Waals surface area contributed by atoms with Crippen LogP contribution in [0.1, 0.15) is 13.8 Å². The quantitative estimate of drug-likeness (QED) is 0.163. The smallest absolute Gasteiger partial charge is 0.548 e. The molecule has 0 aromatic rings. The topological polar surface area (TPSA) is 153 Å². The SMILES string of the molecule is CCSOC(OSCC)(C(=O)[O-])C(C(=O)[O-])S(=O)(=O)O.[Na+].[Na+]. The van der Waals surface area contributed by atoms with Gasteiger partial charge in [0.1, 0.15) is 5.97 Å². The predicted octanol–water partition coefficient (Wildman–Crippen LogP) is -8.18. The zero-order valence-electron chi connectivity index (χ0n) is 12.4. The molecule has 0 fully saturated rings. The molecule has 1 unspecified atom stereocenters. The van der Waals surface area contributed by atoms with Crippen molar-refractivity contribution >= 4 is 46.1 Å². The van der Waals surface area contributed by atoms with Crippen molar-refractivity contribution in [2.24, 2.45) is 0 Å². The Morgan fingerprint density at radius 3 is 1.68 bits per heavy atom. The molecule has 0 aliphatic carbocycles. The third kappa shape index (κ3) is 8.03. The predicted molar refractivity (Wildman–Crippen MR) is 66.5 cm³/mol. The summed E-state index contributed by atoms with van der Waals surface area (Å²) in [6.07, 6.45) is 0. The second kappa shape index (κ2) is 12.8. The second-order valence-corrected chi connectivity index (χ2v) is 6.61. The third-order valence-corrected chi connectivity index (χ3v) is 4.04. The van der Waals surface area contributed by atoms with Crippen molar-refractivity contribution in [3.05, 3.63) is 0 Å². The first-order valence-electron chi connectivity index (χ1n) is 5.13. The van der Waals surface area contributed by atoms with Gasteiger partial charge in [-0.25, -0.2) is 0 Å². The van der Waals surface area contributed by atoms with Gasteiger partial charge < -0.3 is 19.8 Å². The van der Waals surface area contributed by atoms with Gasteiger partial charge in [-0.15, -0.1) is 0 Å². The number of aliphatic carboxylic acids is 2.